The van der Waals surface area contributed by atoms with Gasteiger partial charge in [-0.3, -0.25) is 0 Å². The molecule has 1 heterocycles. The van der Waals surface area contributed by atoms with Crippen LogP contribution in [0.2, 0.25) is 0 Å². The molecule has 0 spiro atoms. The third-order valence-electron chi connectivity index (χ3n) is 1.45. The van der Waals surface area contributed by atoms with E-state index in [-0.39, 0.29) is 0 Å². The quantitative estimate of drug-likeness (QED) is 0.716. The summed E-state index contributed by atoms with van der Waals surface area (Å²) in [6, 6.07) is 2.05. The molecule has 1 unspecified atom stereocenters. The topological polar surface area (TPSA) is 38.9 Å². The first-order valence-corrected chi connectivity index (χ1v) is 4.26. The van der Waals surface area contributed by atoms with Crippen molar-refractivity contribution in [1.29, 1.82) is 0 Å². The lowest BCUT2D eigenvalue weighted by Gasteiger charge is -2.03. The second-order valence-corrected chi connectivity index (χ2v) is 3.20. The number of hydrogen-bond acceptors (Lipinski definition) is 3. The van der Waals surface area contributed by atoms with Gasteiger partial charge in [0, 0.05) is 5.38 Å². The summed E-state index contributed by atoms with van der Waals surface area (Å²) in [5.74, 6) is 0.557. The molecule has 0 aliphatic heterocycles. The molecule has 56 valence electrons. The normalized spacial score (nSPS) is 13.4. The minimum Gasteiger partial charge on any atom is -0.330 e. The molecule has 0 aromatic carbocycles. The molecular formula is C7H12N2S. The molecule has 0 aliphatic carbocycles. The van der Waals surface area contributed by atoms with Gasteiger partial charge in [0.2, 0.25) is 0 Å². The Kier molecular flexibility index (Phi) is 2.83. The van der Waals surface area contributed by atoms with E-state index in [0.717, 1.165) is 13.0 Å². The molecule has 0 amide bonds. The fourth-order valence-corrected chi connectivity index (χ4v) is 1.33. The molecule has 2 N–H and O–H groups in total. The van der Waals surface area contributed by atoms with Crippen LogP contribution in [0.4, 0.5) is 0 Å². The van der Waals surface area contributed by atoms with Gasteiger partial charge in [-0.2, -0.15) is 4.37 Å². The molecule has 1 aromatic heterocycles. The molecule has 0 saturated carbocycles. The number of rotatable bonds is 3. The van der Waals surface area contributed by atoms with Crippen LogP contribution in [-0.2, 0) is 6.42 Å². The van der Waals surface area contributed by atoms with Crippen LogP contribution in [0, 0.1) is 5.92 Å². The average molecular weight is 156 g/mol. The average Bonchev–Trinajstić information content (AvgIpc) is 2.40. The molecule has 2 nitrogen and oxygen atoms in total. The SMILES string of the molecule is CC(CN)Cc1ccsn1. The minimum atomic E-state index is 0.557. The van der Waals surface area contributed by atoms with Crippen LogP contribution < -0.4 is 5.73 Å². The lowest BCUT2D eigenvalue weighted by atomic mass is 10.1. The Hall–Kier alpha value is -0.410. The van der Waals surface area contributed by atoms with Crippen LogP contribution in [-0.4, -0.2) is 10.9 Å². The zero-order valence-corrected chi connectivity index (χ0v) is 6.90. The molecule has 3 heteroatoms. The van der Waals surface area contributed by atoms with Gasteiger partial charge in [-0.25, -0.2) is 0 Å². The highest BCUT2D eigenvalue weighted by atomic mass is 32.1. The standard InChI is InChI=1S/C7H12N2S/c1-6(5-8)4-7-2-3-10-9-7/h2-3,6H,4-5,8H2,1H3. The molecule has 10 heavy (non-hydrogen) atoms. The van der Waals surface area contributed by atoms with Gasteiger partial charge >= 0.3 is 0 Å². The highest BCUT2D eigenvalue weighted by molar-refractivity contribution is 7.03. The Morgan fingerprint density at radius 3 is 3.10 bits per heavy atom. The summed E-state index contributed by atoms with van der Waals surface area (Å²) in [5, 5.41) is 2.00. The zero-order chi connectivity index (χ0) is 7.40. The lowest BCUT2D eigenvalue weighted by molar-refractivity contribution is 0.587. The van der Waals surface area contributed by atoms with Crippen LogP contribution in [0.1, 0.15) is 12.6 Å². The molecule has 0 aliphatic rings. The molecule has 1 atom stereocenters. The van der Waals surface area contributed by atoms with E-state index in [0.29, 0.717) is 5.92 Å². The first-order chi connectivity index (χ1) is 4.83. The van der Waals surface area contributed by atoms with E-state index >= 15 is 0 Å². The first-order valence-electron chi connectivity index (χ1n) is 3.42. The van der Waals surface area contributed by atoms with Crippen molar-refractivity contribution in [2.45, 2.75) is 13.3 Å². The number of nitrogens with two attached hydrogens (primary N) is 1. The highest BCUT2D eigenvalue weighted by Gasteiger charge is 2.01. The second-order valence-electron chi connectivity index (χ2n) is 2.54. The maximum absolute atomic E-state index is 5.46. The molecule has 1 aromatic rings. The van der Waals surface area contributed by atoms with Gasteiger partial charge in [-0.15, -0.1) is 0 Å². The smallest absolute Gasteiger partial charge is 0.0545 e. The van der Waals surface area contributed by atoms with Crippen molar-refractivity contribution < 1.29 is 0 Å². The maximum atomic E-state index is 5.46. The summed E-state index contributed by atoms with van der Waals surface area (Å²) in [4.78, 5) is 0. The Balaban J connectivity index is 2.40. The Morgan fingerprint density at radius 2 is 2.60 bits per heavy atom. The van der Waals surface area contributed by atoms with Gasteiger partial charge in [0.25, 0.3) is 0 Å². The molecule has 1 rings (SSSR count). The van der Waals surface area contributed by atoms with Gasteiger partial charge in [0.15, 0.2) is 0 Å². The summed E-state index contributed by atoms with van der Waals surface area (Å²) < 4.78 is 4.19. The van der Waals surface area contributed by atoms with Crippen LogP contribution in [0.25, 0.3) is 0 Å². The van der Waals surface area contributed by atoms with Crippen LogP contribution >= 0.6 is 11.5 Å². The number of hydrogen-bond donors (Lipinski definition) is 1. The van der Waals surface area contributed by atoms with E-state index in [4.69, 9.17) is 5.73 Å². The third kappa shape index (κ3) is 2.08. The van der Waals surface area contributed by atoms with Crippen molar-refractivity contribution in [2.75, 3.05) is 6.54 Å². The summed E-state index contributed by atoms with van der Waals surface area (Å²) in [5.41, 5.74) is 6.63. The van der Waals surface area contributed by atoms with E-state index < -0.39 is 0 Å². The van der Waals surface area contributed by atoms with E-state index in [1.165, 1.54) is 17.2 Å². The van der Waals surface area contributed by atoms with Gasteiger partial charge in [0.05, 0.1) is 5.69 Å². The third-order valence-corrected chi connectivity index (χ3v) is 2.05. The van der Waals surface area contributed by atoms with Crippen molar-refractivity contribution in [1.82, 2.24) is 4.37 Å². The molecule has 0 radical (unpaired) electrons. The first kappa shape index (κ1) is 7.69. The van der Waals surface area contributed by atoms with Crippen molar-refractivity contribution in [3.63, 3.8) is 0 Å². The van der Waals surface area contributed by atoms with Crippen LogP contribution in [0.3, 0.4) is 0 Å². The molecule has 0 saturated heterocycles. The molecule has 0 bridgehead atoms. The lowest BCUT2D eigenvalue weighted by Crippen LogP contribution is -2.13. The fourth-order valence-electron chi connectivity index (χ4n) is 0.783. The molecule has 0 fully saturated rings. The largest absolute Gasteiger partial charge is 0.330 e. The van der Waals surface area contributed by atoms with Crippen molar-refractivity contribution in [3.05, 3.63) is 17.1 Å². The molecular weight excluding hydrogens is 144 g/mol. The van der Waals surface area contributed by atoms with Gasteiger partial charge in [-0.05, 0) is 36.5 Å². The summed E-state index contributed by atoms with van der Waals surface area (Å²) in [6.45, 7) is 2.89. The van der Waals surface area contributed by atoms with Crippen molar-refractivity contribution >= 4 is 11.5 Å². The zero-order valence-electron chi connectivity index (χ0n) is 6.08. The van der Waals surface area contributed by atoms with Crippen molar-refractivity contribution in [3.8, 4) is 0 Å². The second kappa shape index (κ2) is 3.68. The Labute approximate surface area is 65.2 Å². The van der Waals surface area contributed by atoms with Crippen molar-refractivity contribution in [2.24, 2.45) is 11.7 Å². The monoisotopic (exact) mass is 156 g/mol. The van der Waals surface area contributed by atoms with Gasteiger partial charge in [-0.1, -0.05) is 6.92 Å². The van der Waals surface area contributed by atoms with Gasteiger partial charge < -0.3 is 5.73 Å². The fraction of sp³-hybridized carbons (Fsp3) is 0.571. The summed E-state index contributed by atoms with van der Waals surface area (Å²) >= 11 is 1.50. The van der Waals surface area contributed by atoms with E-state index in [1.54, 1.807) is 0 Å². The predicted octanol–water partition coefficient (Wildman–Crippen LogP) is 1.28. The van der Waals surface area contributed by atoms with Crippen LogP contribution in [0.15, 0.2) is 11.4 Å². The predicted molar refractivity (Wildman–Crippen MR) is 44.0 cm³/mol. The van der Waals surface area contributed by atoms with Gasteiger partial charge in [0.1, 0.15) is 0 Å². The summed E-state index contributed by atoms with van der Waals surface area (Å²) in [7, 11) is 0. The Morgan fingerprint density at radius 1 is 1.80 bits per heavy atom. The van der Waals surface area contributed by atoms with E-state index in [2.05, 4.69) is 17.4 Å². The summed E-state index contributed by atoms with van der Waals surface area (Å²) in [6.07, 6.45) is 1.01. The van der Waals surface area contributed by atoms with Crippen LogP contribution in [0.5, 0.6) is 0 Å². The number of aromatic nitrogens is 1. The highest BCUT2D eigenvalue weighted by Crippen LogP contribution is 2.06. The Bertz CT molecular complexity index is 172. The number of nitrogens with zero attached hydrogens (tertiary/aromatic N) is 1. The maximum Gasteiger partial charge on any atom is 0.0545 e. The van der Waals surface area contributed by atoms with E-state index in [9.17, 15) is 0 Å². The van der Waals surface area contributed by atoms with E-state index in [1.807, 2.05) is 5.38 Å². The minimum absolute atomic E-state index is 0.557.